The monoisotopic (exact) mass is 241 g/mol. The van der Waals surface area contributed by atoms with E-state index in [4.69, 9.17) is 4.42 Å². The normalized spacial score (nSPS) is 10.7. The van der Waals surface area contributed by atoms with Crippen molar-refractivity contribution in [2.75, 3.05) is 12.4 Å². The number of phenolic OH excluding ortho intramolecular Hbond substituents is 1. The number of anilines is 1. The van der Waals surface area contributed by atoms with Crippen molar-refractivity contribution in [1.29, 1.82) is 0 Å². The highest BCUT2D eigenvalue weighted by Gasteiger charge is 2.08. The van der Waals surface area contributed by atoms with Crippen LogP contribution < -0.4 is 5.32 Å². The summed E-state index contributed by atoms with van der Waals surface area (Å²) in [5.41, 5.74) is 2.06. The molecule has 2 aromatic heterocycles. The Bertz CT molecular complexity index is 689. The Morgan fingerprint density at radius 1 is 1.22 bits per heavy atom. The van der Waals surface area contributed by atoms with Crippen LogP contribution in [0, 0.1) is 0 Å². The van der Waals surface area contributed by atoms with Gasteiger partial charge < -0.3 is 14.8 Å². The van der Waals surface area contributed by atoms with Gasteiger partial charge in [0.2, 0.25) is 5.89 Å². The molecule has 5 nitrogen and oxygen atoms in total. The molecule has 0 fully saturated rings. The number of nitrogens with one attached hydrogen (secondary N) is 1. The fraction of sp³-hybridized carbons (Fsp3) is 0.0769. The van der Waals surface area contributed by atoms with Crippen molar-refractivity contribution in [1.82, 2.24) is 9.97 Å². The Labute approximate surface area is 103 Å². The second-order valence-corrected chi connectivity index (χ2v) is 3.85. The van der Waals surface area contributed by atoms with Crippen LogP contribution in [-0.4, -0.2) is 22.1 Å². The molecule has 0 saturated carbocycles. The van der Waals surface area contributed by atoms with Gasteiger partial charge in [0, 0.05) is 19.3 Å². The fourth-order valence-electron chi connectivity index (χ4n) is 1.71. The van der Waals surface area contributed by atoms with Gasteiger partial charge in [0.15, 0.2) is 5.58 Å². The van der Waals surface area contributed by atoms with Gasteiger partial charge in [-0.3, -0.25) is 0 Å². The van der Waals surface area contributed by atoms with Crippen LogP contribution in [0.4, 0.5) is 5.82 Å². The number of benzene rings is 1. The second kappa shape index (κ2) is 4.03. The largest absolute Gasteiger partial charge is 0.508 e. The number of fused-ring (bicyclic) bond motifs is 1. The third kappa shape index (κ3) is 1.75. The highest BCUT2D eigenvalue weighted by Crippen LogP contribution is 2.26. The predicted octanol–water partition coefficient (Wildman–Crippen LogP) is 2.64. The van der Waals surface area contributed by atoms with Crippen molar-refractivity contribution < 1.29 is 9.52 Å². The molecule has 1 aromatic carbocycles. The Morgan fingerprint density at radius 2 is 2.11 bits per heavy atom. The molecule has 0 aliphatic rings. The van der Waals surface area contributed by atoms with E-state index in [1.54, 1.807) is 24.4 Å². The third-order valence-electron chi connectivity index (χ3n) is 2.64. The number of rotatable bonds is 2. The molecule has 0 saturated heterocycles. The third-order valence-corrected chi connectivity index (χ3v) is 2.64. The van der Waals surface area contributed by atoms with Crippen molar-refractivity contribution >= 4 is 16.9 Å². The minimum atomic E-state index is 0.172. The van der Waals surface area contributed by atoms with E-state index in [2.05, 4.69) is 15.3 Å². The van der Waals surface area contributed by atoms with E-state index in [0.29, 0.717) is 17.0 Å². The number of hydrogen-bond donors (Lipinski definition) is 2. The first-order chi connectivity index (χ1) is 8.76. The average Bonchev–Trinajstić information content (AvgIpc) is 2.81. The highest BCUT2D eigenvalue weighted by atomic mass is 16.3. The summed E-state index contributed by atoms with van der Waals surface area (Å²) in [7, 11) is 1.81. The van der Waals surface area contributed by atoms with Crippen molar-refractivity contribution in [2.45, 2.75) is 0 Å². The molecular weight excluding hydrogens is 230 g/mol. The van der Waals surface area contributed by atoms with Crippen LogP contribution in [0.3, 0.4) is 0 Å². The second-order valence-electron chi connectivity index (χ2n) is 3.85. The van der Waals surface area contributed by atoms with E-state index in [1.165, 1.54) is 0 Å². The molecule has 0 aliphatic heterocycles. The number of pyridine rings is 1. The molecule has 0 atom stereocenters. The minimum absolute atomic E-state index is 0.172. The molecule has 0 unspecified atom stereocenters. The molecule has 2 N–H and O–H groups in total. The summed E-state index contributed by atoms with van der Waals surface area (Å²) < 4.78 is 5.60. The van der Waals surface area contributed by atoms with Crippen molar-refractivity contribution in [3.8, 4) is 17.2 Å². The quantitative estimate of drug-likeness (QED) is 0.721. The summed E-state index contributed by atoms with van der Waals surface area (Å²) in [4.78, 5) is 8.51. The predicted molar refractivity (Wildman–Crippen MR) is 68.5 cm³/mol. The van der Waals surface area contributed by atoms with Crippen LogP contribution in [-0.2, 0) is 0 Å². The van der Waals surface area contributed by atoms with Gasteiger partial charge >= 0.3 is 0 Å². The van der Waals surface area contributed by atoms with Crippen molar-refractivity contribution in [2.24, 2.45) is 0 Å². The van der Waals surface area contributed by atoms with Gasteiger partial charge in [-0.2, -0.15) is 0 Å². The lowest BCUT2D eigenvalue weighted by molar-refractivity contribution is 0.476. The Balaban J connectivity index is 2.07. The molecule has 3 rings (SSSR count). The summed E-state index contributed by atoms with van der Waals surface area (Å²) in [6, 6.07) is 8.55. The maximum atomic E-state index is 9.38. The van der Waals surface area contributed by atoms with Crippen LogP contribution in [0.5, 0.6) is 5.75 Å². The first kappa shape index (κ1) is 10.6. The summed E-state index contributed by atoms with van der Waals surface area (Å²) in [6.07, 6.45) is 1.69. The molecule has 0 amide bonds. The minimum Gasteiger partial charge on any atom is -0.508 e. The topological polar surface area (TPSA) is 71.2 Å². The van der Waals surface area contributed by atoms with E-state index >= 15 is 0 Å². The van der Waals surface area contributed by atoms with Gasteiger partial charge in [0.05, 0.1) is 5.56 Å². The van der Waals surface area contributed by atoms with Gasteiger partial charge in [-0.1, -0.05) is 0 Å². The Kier molecular flexibility index (Phi) is 2.37. The number of aromatic nitrogens is 2. The maximum absolute atomic E-state index is 9.38. The molecule has 90 valence electrons. The first-order valence-electron chi connectivity index (χ1n) is 5.50. The Morgan fingerprint density at radius 3 is 2.83 bits per heavy atom. The zero-order valence-corrected chi connectivity index (χ0v) is 9.71. The summed E-state index contributed by atoms with van der Waals surface area (Å²) in [5, 5.41) is 12.3. The van der Waals surface area contributed by atoms with Crippen LogP contribution in [0.15, 0.2) is 40.9 Å². The van der Waals surface area contributed by atoms with Crippen LogP contribution >= 0.6 is 0 Å². The van der Waals surface area contributed by atoms with E-state index in [-0.39, 0.29) is 5.75 Å². The lowest BCUT2D eigenvalue weighted by Gasteiger charge is -1.98. The molecule has 0 radical (unpaired) electrons. The number of nitrogens with zero attached hydrogens (tertiary/aromatic N) is 2. The van der Waals surface area contributed by atoms with Gasteiger partial charge in [-0.25, -0.2) is 9.97 Å². The standard InChI is InChI=1S/C13H11N3O2/c1-14-12-5-2-8(7-15-12)13-16-10-6-9(17)3-4-11(10)18-13/h2-7,17H,1H3,(H,14,15). The maximum Gasteiger partial charge on any atom is 0.228 e. The van der Waals surface area contributed by atoms with Crippen LogP contribution in [0.25, 0.3) is 22.6 Å². The first-order valence-corrected chi connectivity index (χ1v) is 5.50. The zero-order valence-electron chi connectivity index (χ0n) is 9.71. The van der Waals surface area contributed by atoms with Crippen LogP contribution in [0.1, 0.15) is 0 Å². The lowest BCUT2D eigenvalue weighted by Crippen LogP contribution is -1.91. The fourth-order valence-corrected chi connectivity index (χ4v) is 1.71. The molecule has 2 heterocycles. The number of hydrogen-bond acceptors (Lipinski definition) is 5. The highest BCUT2D eigenvalue weighted by molar-refractivity contribution is 5.77. The summed E-state index contributed by atoms with van der Waals surface area (Å²) in [5.74, 6) is 1.45. The van der Waals surface area contributed by atoms with Crippen molar-refractivity contribution in [3.05, 3.63) is 36.5 Å². The molecule has 18 heavy (non-hydrogen) atoms. The zero-order chi connectivity index (χ0) is 12.5. The summed E-state index contributed by atoms with van der Waals surface area (Å²) in [6.45, 7) is 0. The average molecular weight is 241 g/mol. The molecule has 5 heteroatoms. The molecule has 0 bridgehead atoms. The van der Waals surface area contributed by atoms with Gasteiger partial charge in [0.1, 0.15) is 17.1 Å². The van der Waals surface area contributed by atoms with E-state index in [0.717, 1.165) is 11.4 Å². The summed E-state index contributed by atoms with van der Waals surface area (Å²) >= 11 is 0. The van der Waals surface area contributed by atoms with Gasteiger partial charge in [0.25, 0.3) is 0 Å². The SMILES string of the molecule is CNc1ccc(-c2nc3cc(O)ccc3o2)cn1. The van der Waals surface area contributed by atoms with E-state index in [9.17, 15) is 5.11 Å². The molecule has 0 aliphatic carbocycles. The molecule has 3 aromatic rings. The van der Waals surface area contributed by atoms with E-state index < -0.39 is 0 Å². The van der Waals surface area contributed by atoms with Crippen LogP contribution in [0.2, 0.25) is 0 Å². The molecular formula is C13H11N3O2. The number of oxazole rings is 1. The number of aromatic hydroxyl groups is 1. The van der Waals surface area contributed by atoms with Gasteiger partial charge in [-0.05, 0) is 24.3 Å². The van der Waals surface area contributed by atoms with Crippen molar-refractivity contribution in [3.63, 3.8) is 0 Å². The molecule has 0 spiro atoms. The lowest BCUT2D eigenvalue weighted by atomic mass is 10.3. The van der Waals surface area contributed by atoms with Gasteiger partial charge in [-0.15, -0.1) is 0 Å². The Hall–Kier alpha value is -2.56. The smallest absolute Gasteiger partial charge is 0.228 e. The van der Waals surface area contributed by atoms with E-state index in [1.807, 2.05) is 19.2 Å². The number of phenols is 1.